The average Bonchev–Trinajstić information content (AvgIpc) is 3.31. The topological polar surface area (TPSA) is 87.9 Å². The van der Waals surface area contributed by atoms with Gasteiger partial charge in [0.05, 0.1) is 5.52 Å². The van der Waals surface area contributed by atoms with Crippen LogP contribution < -0.4 is 5.73 Å². The number of rotatable bonds is 4. The minimum absolute atomic E-state index is 0.167. The number of aromatic nitrogens is 3. The number of hydrogen-bond acceptors (Lipinski definition) is 4. The molecule has 0 spiro atoms. The number of fused-ring (bicyclic) bond motifs is 1. The second-order valence-corrected chi connectivity index (χ2v) is 10.9. The summed E-state index contributed by atoms with van der Waals surface area (Å²) in [5, 5.41) is 8.48. The van der Waals surface area contributed by atoms with E-state index in [-0.39, 0.29) is 11.3 Å². The van der Waals surface area contributed by atoms with E-state index >= 15 is 0 Å². The van der Waals surface area contributed by atoms with Gasteiger partial charge in [0.15, 0.2) is 0 Å². The number of likely N-dealkylation sites (tertiary alicyclic amines) is 1. The molecule has 36 heavy (non-hydrogen) atoms. The largest absolute Gasteiger partial charge is 0.343 e. The van der Waals surface area contributed by atoms with Gasteiger partial charge in [-0.15, -0.1) is 0 Å². The fraction of sp³-hybridized carbons (Fsp3) is 0.567. The number of piperidine rings is 1. The van der Waals surface area contributed by atoms with Crippen LogP contribution in [0.4, 0.5) is 0 Å². The molecule has 1 aliphatic carbocycles. The SMILES string of the molecule is Cc1nccc2n[nH]c(CCC(=O)N3CCC(C)(c4ccccc4)CC3)c12.NC1CCCCCCC1. The molecular weight excluding hydrogens is 446 g/mol. The van der Waals surface area contributed by atoms with Gasteiger partial charge >= 0.3 is 0 Å². The summed E-state index contributed by atoms with van der Waals surface area (Å²) >= 11 is 0. The number of aromatic amines is 1. The molecule has 1 saturated heterocycles. The van der Waals surface area contributed by atoms with Crippen LogP contribution in [0, 0.1) is 6.92 Å². The summed E-state index contributed by atoms with van der Waals surface area (Å²) in [5.41, 5.74) is 10.2. The van der Waals surface area contributed by atoms with Crippen LogP contribution in [-0.2, 0) is 16.6 Å². The van der Waals surface area contributed by atoms with Crippen LogP contribution in [0.15, 0.2) is 42.6 Å². The van der Waals surface area contributed by atoms with Gasteiger partial charge in [-0.3, -0.25) is 14.9 Å². The Kier molecular flexibility index (Phi) is 9.13. The number of carbonyl (C=O) groups is 1. The summed E-state index contributed by atoms with van der Waals surface area (Å²) in [6, 6.07) is 13.1. The van der Waals surface area contributed by atoms with Crippen LogP contribution in [0.5, 0.6) is 0 Å². The molecule has 6 nitrogen and oxygen atoms in total. The molecule has 0 radical (unpaired) electrons. The second-order valence-electron chi connectivity index (χ2n) is 10.9. The van der Waals surface area contributed by atoms with E-state index in [2.05, 4.69) is 52.4 Å². The molecule has 2 aromatic heterocycles. The van der Waals surface area contributed by atoms with Crippen molar-refractivity contribution in [2.45, 2.75) is 95.9 Å². The van der Waals surface area contributed by atoms with E-state index in [9.17, 15) is 4.79 Å². The van der Waals surface area contributed by atoms with Crippen molar-refractivity contribution in [3.63, 3.8) is 0 Å². The van der Waals surface area contributed by atoms with Crippen molar-refractivity contribution in [2.24, 2.45) is 5.73 Å². The zero-order valence-electron chi connectivity index (χ0n) is 22.1. The Balaban J connectivity index is 0.000000286. The summed E-state index contributed by atoms with van der Waals surface area (Å²) in [4.78, 5) is 19.1. The number of carbonyl (C=O) groups excluding carboxylic acids is 1. The van der Waals surface area contributed by atoms with Crippen molar-refractivity contribution in [2.75, 3.05) is 13.1 Å². The number of aryl methyl sites for hydroxylation is 2. The lowest BCUT2D eigenvalue weighted by atomic mass is 9.74. The Labute approximate surface area is 216 Å². The van der Waals surface area contributed by atoms with Gasteiger partial charge in [0.2, 0.25) is 5.91 Å². The Morgan fingerprint density at radius 1 is 1.06 bits per heavy atom. The Hall–Kier alpha value is -2.73. The first kappa shape index (κ1) is 26.3. The summed E-state index contributed by atoms with van der Waals surface area (Å²) < 4.78 is 0. The monoisotopic (exact) mass is 489 g/mol. The second kappa shape index (κ2) is 12.5. The van der Waals surface area contributed by atoms with Crippen molar-refractivity contribution in [1.29, 1.82) is 0 Å². The highest BCUT2D eigenvalue weighted by molar-refractivity contribution is 5.84. The third kappa shape index (κ3) is 6.73. The number of H-pyrrole nitrogens is 1. The maximum atomic E-state index is 12.7. The number of pyridine rings is 1. The molecule has 1 amide bonds. The van der Waals surface area contributed by atoms with Crippen LogP contribution in [-0.4, -0.2) is 45.1 Å². The lowest BCUT2D eigenvalue weighted by Gasteiger charge is -2.40. The number of nitrogens with two attached hydrogens (primary N) is 1. The zero-order valence-corrected chi connectivity index (χ0v) is 22.1. The molecule has 3 N–H and O–H groups in total. The van der Waals surface area contributed by atoms with Gasteiger partial charge in [-0.2, -0.15) is 5.10 Å². The molecular formula is C30H43N5O. The molecule has 3 heterocycles. The lowest BCUT2D eigenvalue weighted by molar-refractivity contribution is -0.132. The predicted octanol–water partition coefficient (Wildman–Crippen LogP) is 5.84. The normalized spacial score (nSPS) is 18.7. The summed E-state index contributed by atoms with van der Waals surface area (Å²) in [7, 11) is 0. The van der Waals surface area contributed by atoms with E-state index in [0.29, 0.717) is 18.9 Å². The van der Waals surface area contributed by atoms with Gasteiger partial charge in [-0.25, -0.2) is 0 Å². The van der Waals surface area contributed by atoms with Gasteiger partial charge in [0, 0.05) is 48.5 Å². The first-order chi connectivity index (χ1) is 17.5. The third-order valence-corrected chi connectivity index (χ3v) is 8.16. The van der Waals surface area contributed by atoms with Crippen LogP contribution in [0.2, 0.25) is 0 Å². The molecule has 6 heteroatoms. The van der Waals surface area contributed by atoms with E-state index in [4.69, 9.17) is 5.73 Å². The summed E-state index contributed by atoms with van der Waals surface area (Å²) in [6.45, 7) is 5.96. The summed E-state index contributed by atoms with van der Waals surface area (Å²) in [6.07, 6.45) is 14.5. The van der Waals surface area contributed by atoms with Crippen LogP contribution in [0.1, 0.15) is 88.1 Å². The number of benzene rings is 1. The fourth-order valence-electron chi connectivity index (χ4n) is 5.64. The van der Waals surface area contributed by atoms with Crippen molar-refractivity contribution in [1.82, 2.24) is 20.1 Å². The van der Waals surface area contributed by atoms with Gasteiger partial charge in [0.25, 0.3) is 0 Å². The van der Waals surface area contributed by atoms with Gasteiger partial charge < -0.3 is 10.6 Å². The Bertz CT molecular complexity index is 1090. The highest BCUT2D eigenvalue weighted by atomic mass is 16.2. The molecule has 0 bridgehead atoms. The summed E-state index contributed by atoms with van der Waals surface area (Å²) in [5.74, 6) is 0.231. The minimum atomic E-state index is 0.167. The molecule has 194 valence electrons. The fourth-order valence-corrected chi connectivity index (χ4v) is 5.64. The van der Waals surface area contributed by atoms with E-state index < -0.39 is 0 Å². The standard InChI is InChI=1S/C22H26N4O.C8H17N/c1-16-21-18(24-25-19(21)10-13-23-16)8-9-20(27)26-14-11-22(2,12-15-26)17-6-4-3-5-7-17;9-8-6-4-2-1-3-5-7-8/h3-7,10,13H,8-9,11-12,14-15H2,1-2H3,(H,24,25);8H,1-7,9H2. The lowest BCUT2D eigenvalue weighted by Crippen LogP contribution is -2.44. The van der Waals surface area contributed by atoms with Gasteiger partial charge in [-0.05, 0) is 56.1 Å². The minimum Gasteiger partial charge on any atom is -0.343 e. The molecule has 0 unspecified atom stereocenters. The molecule has 1 aromatic carbocycles. The molecule has 1 saturated carbocycles. The van der Waals surface area contributed by atoms with Crippen molar-refractivity contribution >= 4 is 16.8 Å². The zero-order chi connectivity index (χ0) is 25.4. The number of nitrogens with zero attached hydrogens (tertiary/aromatic N) is 3. The number of hydrogen-bond donors (Lipinski definition) is 2. The molecule has 0 atom stereocenters. The third-order valence-electron chi connectivity index (χ3n) is 8.16. The van der Waals surface area contributed by atoms with E-state index in [1.807, 2.05) is 17.9 Å². The van der Waals surface area contributed by atoms with Crippen molar-refractivity contribution in [3.8, 4) is 0 Å². The predicted molar refractivity (Wildman–Crippen MR) is 147 cm³/mol. The molecule has 1 aliphatic heterocycles. The molecule has 5 rings (SSSR count). The van der Waals surface area contributed by atoms with Gasteiger partial charge in [-0.1, -0.05) is 69.4 Å². The van der Waals surface area contributed by atoms with E-state index in [1.165, 1.54) is 50.5 Å². The number of amides is 1. The van der Waals surface area contributed by atoms with E-state index in [0.717, 1.165) is 48.2 Å². The first-order valence-electron chi connectivity index (χ1n) is 13.8. The van der Waals surface area contributed by atoms with Crippen molar-refractivity contribution in [3.05, 3.63) is 59.5 Å². The first-order valence-corrected chi connectivity index (χ1v) is 13.8. The number of nitrogens with one attached hydrogen (secondary N) is 1. The highest BCUT2D eigenvalue weighted by Crippen LogP contribution is 2.35. The smallest absolute Gasteiger partial charge is 0.222 e. The molecule has 3 aromatic rings. The van der Waals surface area contributed by atoms with Crippen LogP contribution in [0.3, 0.4) is 0 Å². The van der Waals surface area contributed by atoms with Crippen LogP contribution >= 0.6 is 0 Å². The average molecular weight is 490 g/mol. The maximum absolute atomic E-state index is 12.7. The Morgan fingerprint density at radius 2 is 1.72 bits per heavy atom. The molecule has 2 fully saturated rings. The highest BCUT2D eigenvalue weighted by Gasteiger charge is 2.33. The van der Waals surface area contributed by atoms with E-state index in [1.54, 1.807) is 6.20 Å². The quantitative estimate of drug-likeness (QED) is 0.482. The van der Waals surface area contributed by atoms with Crippen molar-refractivity contribution < 1.29 is 4.79 Å². The van der Waals surface area contributed by atoms with Gasteiger partial charge in [0.1, 0.15) is 0 Å². The maximum Gasteiger partial charge on any atom is 0.222 e. The van der Waals surface area contributed by atoms with Crippen LogP contribution in [0.25, 0.3) is 10.9 Å². The Morgan fingerprint density at radius 3 is 2.42 bits per heavy atom. The molecule has 2 aliphatic rings.